The predicted octanol–water partition coefficient (Wildman–Crippen LogP) is -0.325. The van der Waals surface area contributed by atoms with Gasteiger partial charge in [0.25, 0.3) is 0 Å². The van der Waals surface area contributed by atoms with Gasteiger partial charge in [-0.1, -0.05) is 0 Å². The minimum atomic E-state index is -0.107. The first-order valence-electron chi connectivity index (χ1n) is 5.87. The maximum absolute atomic E-state index is 11.8. The number of hydrogen-bond acceptors (Lipinski definition) is 3. The zero-order valence-electron chi connectivity index (χ0n) is 10.3. The van der Waals surface area contributed by atoms with E-state index in [0.29, 0.717) is 19.6 Å². The van der Waals surface area contributed by atoms with Gasteiger partial charge in [-0.3, -0.25) is 9.59 Å². The van der Waals surface area contributed by atoms with Crippen LogP contribution in [0.15, 0.2) is 0 Å². The number of nitrogens with one attached hydrogen (secondary N) is 1. The highest BCUT2D eigenvalue weighted by Crippen LogP contribution is 2.10. The Bertz CT molecular complexity index is 264. The molecule has 1 saturated heterocycles. The minimum absolute atomic E-state index is 0.0371. The SMILES string of the molecule is CCN(CC)C(=O)CN1CCC(NC)C1=O. The average molecular weight is 227 g/mol. The average Bonchev–Trinajstić information content (AvgIpc) is 2.62. The Labute approximate surface area is 96.8 Å². The molecule has 0 bridgehead atoms. The molecular weight excluding hydrogens is 206 g/mol. The van der Waals surface area contributed by atoms with Crippen LogP contribution in [0.5, 0.6) is 0 Å². The third-order valence-electron chi connectivity index (χ3n) is 3.09. The molecule has 1 aliphatic heterocycles. The Hall–Kier alpha value is -1.10. The number of likely N-dealkylation sites (tertiary alicyclic amines) is 1. The van der Waals surface area contributed by atoms with E-state index in [1.807, 2.05) is 13.8 Å². The molecule has 1 atom stereocenters. The smallest absolute Gasteiger partial charge is 0.242 e. The fraction of sp³-hybridized carbons (Fsp3) is 0.818. The van der Waals surface area contributed by atoms with Crippen molar-refractivity contribution in [2.45, 2.75) is 26.3 Å². The molecule has 92 valence electrons. The van der Waals surface area contributed by atoms with E-state index in [-0.39, 0.29) is 24.4 Å². The Morgan fingerprint density at radius 1 is 1.50 bits per heavy atom. The van der Waals surface area contributed by atoms with Crippen molar-refractivity contribution in [3.8, 4) is 0 Å². The first-order valence-corrected chi connectivity index (χ1v) is 5.87. The number of nitrogens with zero attached hydrogens (tertiary/aromatic N) is 2. The van der Waals surface area contributed by atoms with Crippen LogP contribution >= 0.6 is 0 Å². The summed E-state index contributed by atoms with van der Waals surface area (Å²) in [6.07, 6.45) is 0.793. The van der Waals surface area contributed by atoms with Crippen LogP contribution in [0.1, 0.15) is 20.3 Å². The topological polar surface area (TPSA) is 52.7 Å². The van der Waals surface area contributed by atoms with Crippen molar-refractivity contribution < 1.29 is 9.59 Å². The first kappa shape index (κ1) is 13.0. The zero-order chi connectivity index (χ0) is 12.1. The number of rotatable bonds is 5. The van der Waals surface area contributed by atoms with Crippen molar-refractivity contribution in [2.24, 2.45) is 0 Å². The third kappa shape index (κ3) is 2.72. The Morgan fingerprint density at radius 3 is 2.56 bits per heavy atom. The normalized spacial score (nSPS) is 20.3. The lowest BCUT2D eigenvalue weighted by Gasteiger charge is -2.23. The molecule has 0 aromatic rings. The molecule has 16 heavy (non-hydrogen) atoms. The van der Waals surface area contributed by atoms with E-state index >= 15 is 0 Å². The van der Waals surface area contributed by atoms with E-state index in [9.17, 15) is 9.59 Å². The van der Waals surface area contributed by atoms with E-state index in [1.165, 1.54) is 0 Å². The van der Waals surface area contributed by atoms with Gasteiger partial charge in [-0.2, -0.15) is 0 Å². The van der Waals surface area contributed by atoms with Gasteiger partial charge in [-0.15, -0.1) is 0 Å². The fourth-order valence-corrected chi connectivity index (χ4v) is 2.00. The second-order valence-electron chi connectivity index (χ2n) is 3.96. The first-order chi connectivity index (χ1) is 7.63. The highest BCUT2D eigenvalue weighted by molar-refractivity contribution is 5.89. The lowest BCUT2D eigenvalue weighted by Crippen LogP contribution is -2.43. The van der Waals surface area contributed by atoms with Crippen LogP contribution in [0.3, 0.4) is 0 Å². The largest absolute Gasteiger partial charge is 0.342 e. The van der Waals surface area contributed by atoms with E-state index < -0.39 is 0 Å². The summed E-state index contributed by atoms with van der Waals surface area (Å²) in [5.41, 5.74) is 0. The molecule has 0 aromatic heterocycles. The Balaban J connectivity index is 2.49. The summed E-state index contributed by atoms with van der Waals surface area (Å²) in [7, 11) is 1.78. The highest BCUT2D eigenvalue weighted by Gasteiger charge is 2.31. The number of likely N-dealkylation sites (N-methyl/N-ethyl adjacent to an activating group) is 2. The molecule has 1 fully saturated rings. The van der Waals surface area contributed by atoms with Crippen LogP contribution in [0.4, 0.5) is 0 Å². The Morgan fingerprint density at radius 2 is 2.12 bits per heavy atom. The van der Waals surface area contributed by atoms with E-state index in [0.717, 1.165) is 6.42 Å². The molecule has 2 amide bonds. The summed E-state index contributed by atoms with van der Waals surface area (Å²) in [6, 6.07) is -0.107. The summed E-state index contributed by atoms with van der Waals surface area (Å²) in [5.74, 6) is 0.0816. The van der Waals surface area contributed by atoms with Gasteiger partial charge in [-0.05, 0) is 27.3 Å². The second kappa shape index (κ2) is 5.84. The molecule has 0 saturated carbocycles. The number of amides is 2. The lowest BCUT2D eigenvalue weighted by molar-refractivity contribution is -0.138. The predicted molar refractivity (Wildman–Crippen MR) is 62.0 cm³/mol. The maximum Gasteiger partial charge on any atom is 0.242 e. The van der Waals surface area contributed by atoms with Crippen LogP contribution < -0.4 is 5.32 Å². The summed E-state index contributed by atoms with van der Waals surface area (Å²) in [6.45, 7) is 6.20. The van der Waals surface area contributed by atoms with Gasteiger partial charge >= 0.3 is 0 Å². The highest BCUT2D eigenvalue weighted by atomic mass is 16.2. The van der Waals surface area contributed by atoms with Gasteiger partial charge in [0, 0.05) is 19.6 Å². The molecule has 0 radical (unpaired) electrons. The van der Waals surface area contributed by atoms with E-state index in [2.05, 4.69) is 5.32 Å². The van der Waals surface area contributed by atoms with Crippen molar-refractivity contribution in [2.75, 3.05) is 33.2 Å². The molecule has 1 N–H and O–H groups in total. The monoisotopic (exact) mass is 227 g/mol. The molecular formula is C11H21N3O2. The molecule has 1 rings (SSSR count). The molecule has 0 spiro atoms. The summed E-state index contributed by atoms with van der Waals surface area (Å²) >= 11 is 0. The standard InChI is InChI=1S/C11H21N3O2/c1-4-13(5-2)10(15)8-14-7-6-9(12-3)11(14)16/h9,12H,4-8H2,1-3H3. The maximum atomic E-state index is 11.8. The van der Waals surface area contributed by atoms with Crippen LogP contribution in [0.2, 0.25) is 0 Å². The van der Waals surface area contributed by atoms with E-state index in [1.54, 1.807) is 16.8 Å². The van der Waals surface area contributed by atoms with Crippen LogP contribution in [-0.4, -0.2) is 60.9 Å². The summed E-state index contributed by atoms with van der Waals surface area (Å²) < 4.78 is 0. The molecule has 5 heteroatoms. The number of carbonyl (C=O) groups is 2. The zero-order valence-corrected chi connectivity index (χ0v) is 10.3. The molecule has 0 aromatic carbocycles. The van der Waals surface area contributed by atoms with Crippen LogP contribution in [-0.2, 0) is 9.59 Å². The molecule has 1 aliphatic rings. The van der Waals surface area contributed by atoms with Crippen LogP contribution in [0.25, 0.3) is 0 Å². The van der Waals surface area contributed by atoms with Crippen molar-refractivity contribution in [3.05, 3.63) is 0 Å². The van der Waals surface area contributed by atoms with Crippen molar-refractivity contribution in [1.29, 1.82) is 0 Å². The van der Waals surface area contributed by atoms with Gasteiger partial charge in [-0.25, -0.2) is 0 Å². The van der Waals surface area contributed by atoms with Gasteiger partial charge < -0.3 is 15.1 Å². The fourth-order valence-electron chi connectivity index (χ4n) is 2.00. The molecule has 5 nitrogen and oxygen atoms in total. The molecule has 1 unspecified atom stereocenters. The summed E-state index contributed by atoms with van der Waals surface area (Å²) in [4.78, 5) is 27.0. The lowest BCUT2D eigenvalue weighted by atomic mass is 10.3. The quantitative estimate of drug-likeness (QED) is 0.700. The van der Waals surface area contributed by atoms with Gasteiger partial charge in [0.2, 0.25) is 11.8 Å². The number of carbonyl (C=O) groups excluding carboxylic acids is 2. The second-order valence-corrected chi connectivity index (χ2v) is 3.96. The van der Waals surface area contributed by atoms with E-state index in [4.69, 9.17) is 0 Å². The van der Waals surface area contributed by atoms with Gasteiger partial charge in [0.15, 0.2) is 0 Å². The van der Waals surface area contributed by atoms with Gasteiger partial charge in [0.1, 0.15) is 0 Å². The van der Waals surface area contributed by atoms with Crippen LogP contribution in [0, 0.1) is 0 Å². The minimum Gasteiger partial charge on any atom is -0.342 e. The molecule has 0 aliphatic carbocycles. The van der Waals surface area contributed by atoms with Crippen molar-refractivity contribution >= 4 is 11.8 Å². The third-order valence-corrected chi connectivity index (χ3v) is 3.09. The molecule has 1 heterocycles. The van der Waals surface area contributed by atoms with Gasteiger partial charge in [0.05, 0.1) is 12.6 Å². The van der Waals surface area contributed by atoms with Crippen molar-refractivity contribution in [3.63, 3.8) is 0 Å². The van der Waals surface area contributed by atoms with Crippen molar-refractivity contribution in [1.82, 2.24) is 15.1 Å². The Kier molecular flexibility index (Phi) is 4.73. The number of hydrogen-bond donors (Lipinski definition) is 1. The summed E-state index contributed by atoms with van der Waals surface area (Å²) in [5, 5.41) is 2.96.